The first-order chi connectivity index (χ1) is 12.0. The van der Waals surface area contributed by atoms with Crippen LogP contribution in [0.25, 0.3) is 0 Å². The predicted molar refractivity (Wildman–Crippen MR) is 90.5 cm³/mol. The molecule has 138 valence electrons. The van der Waals surface area contributed by atoms with Crippen molar-refractivity contribution < 1.29 is 52.5 Å². The summed E-state index contributed by atoms with van der Waals surface area (Å²) in [5.41, 5.74) is 4.77. The SMILES string of the molecule is CCC[I-]N1CN([I-]CCC)C2=C1C(=O)c1cc(C)c(C)cc1C2=O. The number of halogens is 2. The van der Waals surface area contributed by atoms with Crippen molar-refractivity contribution in [2.75, 3.05) is 15.5 Å². The number of hydrogen-bond acceptors (Lipinski definition) is 4. The molecule has 1 aliphatic heterocycles. The fourth-order valence-electron chi connectivity index (χ4n) is 2.93. The molecule has 0 saturated carbocycles. The second-order valence-electron chi connectivity index (χ2n) is 6.32. The molecule has 0 saturated heterocycles. The van der Waals surface area contributed by atoms with Gasteiger partial charge in [-0.15, -0.1) is 0 Å². The van der Waals surface area contributed by atoms with Gasteiger partial charge in [-0.25, -0.2) is 0 Å². The zero-order valence-corrected chi connectivity index (χ0v) is 19.5. The van der Waals surface area contributed by atoms with E-state index in [2.05, 4.69) is 20.1 Å². The molecule has 0 atom stereocenters. The zero-order valence-electron chi connectivity index (χ0n) is 15.2. The van der Waals surface area contributed by atoms with Crippen molar-refractivity contribution in [2.24, 2.45) is 0 Å². The molecule has 0 fully saturated rings. The number of aryl methyl sites for hydroxylation is 2. The van der Waals surface area contributed by atoms with Crippen LogP contribution in [0.15, 0.2) is 23.5 Å². The summed E-state index contributed by atoms with van der Waals surface area (Å²) >= 11 is -0.482. The number of ketones is 2. The average Bonchev–Trinajstić information content (AvgIpc) is 2.96. The number of rotatable bonds is 6. The van der Waals surface area contributed by atoms with Crippen LogP contribution in [-0.4, -0.2) is 33.3 Å². The quantitative estimate of drug-likeness (QED) is 0.214. The number of allylic oxidation sites excluding steroid dienone is 2. The number of carbonyl (C=O) groups is 2. The van der Waals surface area contributed by atoms with E-state index in [4.69, 9.17) is 0 Å². The predicted octanol–water partition coefficient (Wildman–Crippen LogP) is -2.70. The van der Waals surface area contributed by atoms with Crippen molar-refractivity contribution in [3.8, 4) is 0 Å². The van der Waals surface area contributed by atoms with E-state index in [9.17, 15) is 9.59 Å². The molecule has 4 nitrogen and oxygen atoms in total. The van der Waals surface area contributed by atoms with E-state index >= 15 is 0 Å². The molecule has 25 heavy (non-hydrogen) atoms. The molecule has 6 heteroatoms. The number of carbonyl (C=O) groups excluding carboxylic acids is 2. The van der Waals surface area contributed by atoms with E-state index in [1.54, 1.807) is 0 Å². The van der Waals surface area contributed by atoms with E-state index in [0.717, 1.165) is 39.5 Å². The van der Waals surface area contributed by atoms with Gasteiger partial charge in [-0.05, 0) is 0 Å². The van der Waals surface area contributed by atoms with Crippen LogP contribution in [0.3, 0.4) is 0 Å². The normalized spacial score (nSPS) is 17.0. The van der Waals surface area contributed by atoms with Gasteiger partial charge in [0, 0.05) is 0 Å². The number of nitrogens with zero attached hydrogens (tertiary/aromatic N) is 2. The van der Waals surface area contributed by atoms with Gasteiger partial charge in [0.2, 0.25) is 0 Å². The molecular formula is C19H24I2N2O2-2. The van der Waals surface area contributed by atoms with Crippen molar-refractivity contribution >= 4 is 11.6 Å². The van der Waals surface area contributed by atoms with Gasteiger partial charge in [-0.3, -0.25) is 0 Å². The van der Waals surface area contributed by atoms with Gasteiger partial charge < -0.3 is 0 Å². The molecule has 1 heterocycles. The Labute approximate surface area is 171 Å². The Morgan fingerprint density at radius 2 is 1.24 bits per heavy atom. The van der Waals surface area contributed by atoms with Crippen LogP contribution in [0.4, 0.5) is 0 Å². The van der Waals surface area contributed by atoms with Crippen LogP contribution in [0.1, 0.15) is 58.5 Å². The third-order valence-corrected chi connectivity index (χ3v) is 10.7. The molecule has 1 aromatic rings. The van der Waals surface area contributed by atoms with Crippen LogP contribution < -0.4 is 43.0 Å². The Balaban J connectivity index is 2.06. The van der Waals surface area contributed by atoms with Gasteiger partial charge in [0.05, 0.1) is 0 Å². The monoisotopic (exact) mass is 566 g/mol. The summed E-state index contributed by atoms with van der Waals surface area (Å²) in [5, 5.41) is 0. The molecule has 0 radical (unpaired) electrons. The van der Waals surface area contributed by atoms with E-state index < -0.39 is 0 Å². The van der Waals surface area contributed by atoms with Gasteiger partial charge in [-0.1, -0.05) is 0 Å². The molecule has 0 aromatic heterocycles. The van der Waals surface area contributed by atoms with Crippen LogP contribution in [0, 0.1) is 13.8 Å². The average molecular weight is 566 g/mol. The molecule has 0 N–H and O–H groups in total. The van der Waals surface area contributed by atoms with Crippen molar-refractivity contribution in [1.82, 2.24) is 6.23 Å². The summed E-state index contributed by atoms with van der Waals surface area (Å²) in [7, 11) is 0. The maximum atomic E-state index is 13.3. The van der Waals surface area contributed by atoms with E-state index in [-0.39, 0.29) is 54.5 Å². The third-order valence-electron chi connectivity index (χ3n) is 4.35. The van der Waals surface area contributed by atoms with Gasteiger partial charge >= 0.3 is 172 Å². The van der Waals surface area contributed by atoms with Gasteiger partial charge in [-0.2, -0.15) is 0 Å². The number of benzene rings is 1. The Kier molecular flexibility index (Phi) is 6.07. The molecule has 3 rings (SSSR count). The molecule has 2 aliphatic rings. The fourth-order valence-corrected chi connectivity index (χ4v) is 8.26. The molecule has 1 aromatic carbocycles. The summed E-state index contributed by atoms with van der Waals surface area (Å²) in [6, 6.07) is 3.82. The Bertz CT molecular complexity index is 697. The van der Waals surface area contributed by atoms with E-state index in [0.29, 0.717) is 22.5 Å². The van der Waals surface area contributed by atoms with Crippen molar-refractivity contribution in [1.29, 1.82) is 0 Å². The number of hydrogen-bond donors (Lipinski definition) is 0. The number of fused-ring (bicyclic) bond motifs is 1. The van der Waals surface area contributed by atoms with Crippen molar-refractivity contribution in [3.63, 3.8) is 0 Å². The van der Waals surface area contributed by atoms with E-state index in [1.165, 1.54) is 0 Å². The molecule has 0 unspecified atom stereocenters. The fraction of sp³-hybridized carbons (Fsp3) is 0.474. The van der Waals surface area contributed by atoms with Crippen LogP contribution in [0.5, 0.6) is 0 Å². The van der Waals surface area contributed by atoms with Crippen LogP contribution in [0.2, 0.25) is 0 Å². The summed E-state index contributed by atoms with van der Waals surface area (Å²) in [5.74, 6) is 0.123. The summed E-state index contributed by atoms with van der Waals surface area (Å²) in [6.45, 7) is 9.14. The molecule has 1 aliphatic carbocycles. The topological polar surface area (TPSA) is 40.6 Å². The number of alkyl halides is 2. The Morgan fingerprint density at radius 3 is 1.60 bits per heavy atom. The first-order valence-corrected chi connectivity index (χ1v) is 13.7. The maximum absolute atomic E-state index is 13.3. The second-order valence-corrected chi connectivity index (χ2v) is 12.2. The standard InChI is InChI=1S/C19H24I2N2O2/c1-5-7-20-22-11-23(21-8-6-2)17-16(22)18(24)14-9-12(3)13(4)10-15(14)19(17)25/h9-10H,5-8,11H2,1-4H3/q-2. The van der Waals surface area contributed by atoms with Crippen LogP contribution >= 0.6 is 0 Å². The Hall–Kier alpha value is -0.640. The molecule has 0 spiro atoms. The Morgan fingerprint density at radius 1 is 0.840 bits per heavy atom. The second kappa shape index (κ2) is 7.94. The van der Waals surface area contributed by atoms with Gasteiger partial charge in [0.25, 0.3) is 0 Å². The molecule has 0 amide bonds. The van der Waals surface area contributed by atoms with Gasteiger partial charge in [0.15, 0.2) is 0 Å². The van der Waals surface area contributed by atoms with Gasteiger partial charge in [0.1, 0.15) is 0 Å². The first-order valence-electron chi connectivity index (χ1n) is 8.68. The zero-order chi connectivity index (χ0) is 18.1. The summed E-state index contributed by atoms with van der Waals surface area (Å²) in [4.78, 5) is 26.5. The van der Waals surface area contributed by atoms with Crippen LogP contribution in [-0.2, 0) is 0 Å². The van der Waals surface area contributed by atoms with Crippen molar-refractivity contribution in [3.05, 3.63) is 45.8 Å². The summed E-state index contributed by atoms with van der Waals surface area (Å²) in [6.07, 6.45) is 2.26. The third kappa shape index (κ3) is 3.48. The minimum absolute atomic E-state index is 0.0616. The minimum atomic E-state index is -0.241. The molecular weight excluding hydrogens is 542 g/mol. The first kappa shape index (κ1) is 19.1. The van der Waals surface area contributed by atoms with Crippen molar-refractivity contribution in [2.45, 2.75) is 40.5 Å². The number of Topliss-reactive ketones (excluding diaryl/α,β-unsaturated/α-hetero) is 2. The summed E-state index contributed by atoms with van der Waals surface area (Å²) < 4.78 is 6.81. The van der Waals surface area contributed by atoms with E-state index in [1.807, 2.05) is 26.0 Å². The molecule has 0 bridgehead atoms.